The summed E-state index contributed by atoms with van der Waals surface area (Å²) < 4.78 is 0. The number of anilines is 1. The van der Waals surface area contributed by atoms with E-state index in [1.807, 2.05) is 37.3 Å². The Morgan fingerprint density at radius 1 is 1.15 bits per heavy atom. The summed E-state index contributed by atoms with van der Waals surface area (Å²) in [6, 6.07) is 22.1. The number of hydrogen-bond donors (Lipinski definition) is 0. The molecular weight excluding hydrogens is 454 g/mol. The molecule has 7 heteroatoms. The van der Waals surface area contributed by atoms with E-state index in [9.17, 15) is 14.9 Å². The highest BCUT2D eigenvalue weighted by Crippen LogP contribution is 2.55. The van der Waals surface area contributed by atoms with Crippen LogP contribution in [0.3, 0.4) is 0 Å². The third-order valence-electron chi connectivity index (χ3n) is 6.08. The van der Waals surface area contributed by atoms with E-state index in [1.165, 1.54) is 11.8 Å². The number of halogens is 1. The highest BCUT2D eigenvalue weighted by molar-refractivity contribution is 8.01. The molecule has 5 nitrogen and oxygen atoms in total. The molecule has 33 heavy (non-hydrogen) atoms. The number of nitrogens with zero attached hydrogens (tertiary/aromatic N) is 3. The van der Waals surface area contributed by atoms with Gasteiger partial charge in [-0.2, -0.15) is 5.26 Å². The zero-order chi connectivity index (χ0) is 23.2. The van der Waals surface area contributed by atoms with Gasteiger partial charge in [0.2, 0.25) is 0 Å². The van der Waals surface area contributed by atoms with Crippen LogP contribution in [0.5, 0.6) is 0 Å². The third kappa shape index (κ3) is 3.49. The average Bonchev–Trinajstić information content (AvgIpc) is 3.36. The molecule has 0 bridgehead atoms. The number of aryl methyl sites for hydroxylation is 1. The largest absolute Gasteiger partial charge is 0.311 e. The predicted octanol–water partition coefficient (Wildman–Crippen LogP) is 5.11. The van der Waals surface area contributed by atoms with Crippen LogP contribution in [0.2, 0.25) is 5.02 Å². The van der Waals surface area contributed by atoms with E-state index < -0.39 is 4.87 Å². The van der Waals surface area contributed by atoms with Crippen molar-refractivity contribution < 1.29 is 9.59 Å². The minimum Gasteiger partial charge on any atom is -0.311 e. The van der Waals surface area contributed by atoms with Crippen LogP contribution in [-0.2, 0) is 16.2 Å². The fraction of sp³-hybridized carbons (Fsp3) is 0.192. The van der Waals surface area contributed by atoms with Crippen molar-refractivity contribution in [2.24, 2.45) is 0 Å². The second-order valence-corrected chi connectivity index (χ2v) is 9.90. The minimum atomic E-state index is -1.11. The van der Waals surface area contributed by atoms with Crippen LogP contribution in [0.15, 0.2) is 66.7 Å². The molecule has 1 saturated heterocycles. The maximum atomic E-state index is 14.1. The molecular formula is C26H20ClN3O2S. The number of carbonyl (C=O) groups is 2. The molecule has 0 saturated carbocycles. The van der Waals surface area contributed by atoms with Gasteiger partial charge in [-0.15, -0.1) is 11.8 Å². The molecule has 164 valence electrons. The van der Waals surface area contributed by atoms with Crippen LogP contribution in [0.25, 0.3) is 0 Å². The lowest BCUT2D eigenvalue weighted by Crippen LogP contribution is -2.50. The average molecular weight is 474 g/mol. The molecule has 3 aromatic rings. The van der Waals surface area contributed by atoms with E-state index in [0.717, 1.165) is 22.4 Å². The molecule has 0 N–H and O–H groups in total. The first-order chi connectivity index (χ1) is 15.9. The second kappa shape index (κ2) is 8.26. The number of carbonyl (C=O) groups excluding carboxylic acids is 2. The molecule has 2 aliphatic rings. The van der Waals surface area contributed by atoms with E-state index in [4.69, 9.17) is 11.6 Å². The van der Waals surface area contributed by atoms with Crippen LogP contribution in [0.1, 0.15) is 32.6 Å². The Morgan fingerprint density at radius 2 is 1.94 bits per heavy atom. The Kier molecular flexibility index (Phi) is 5.40. The van der Waals surface area contributed by atoms with Crippen molar-refractivity contribution in [3.05, 3.63) is 99.6 Å². The van der Waals surface area contributed by atoms with Crippen LogP contribution < -0.4 is 4.90 Å². The van der Waals surface area contributed by atoms with E-state index in [1.54, 1.807) is 46.2 Å². The Balaban J connectivity index is 1.59. The van der Waals surface area contributed by atoms with Gasteiger partial charge in [0.25, 0.3) is 11.8 Å². The zero-order valence-corrected chi connectivity index (χ0v) is 19.5. The summed E-state index contributed by atoms with van der Waals surface area (Å²) in [5.41, 5.74) is 4.59. The first kappa shape index (κ1) is 21.6. The van der Waals surface area contributed by atoms with Crippen LogP contribution in [0.4, 0.5) is 5.69 Å². The maximum absolute atomic E-state index is 14.1. The normalized spacial score (nSPS) is 19.1. The summed E-state index contributed by atoms with van der Waals surface area (Å²) in [5.74, 6) is 0.344. The zero-order valence-electron chi connectivity index (χ0n) is 17.9. The summed E-state index contributed by atoms with van der Waals surface area (Å²) in [6.07, 6.45) is 0. The number of benzene rings is 3. The highest BCUT2D eigenvalue weighted by Gasteiger charge is 2.59. The quantitative estimate of drug-likeness (QED) is 0.530. The molecule has 0 unspecified atom stereocenters. The van der Waals surface area contributed by atoms with E-state index >= 15 is 0 Å². The molecule has 1 fully saturated rings. The van der Waals surface area contributed by atoms with Gasteiger partial charge < -0.3 is 9.80 Å². The first-order valence-corrected chi connectivity index (χ1v) is 11.9. The van der Waals surface area contributed by atoms with Gasteiger partial charge in [-0.25, -0.2) is 0 Å². The summed E-state index contributed by atoms with van der Waals surface area (Å²) >= 11 is 7.52. The molecule has 2 amide bonds. The second-order valence-electron chi connectivity index (χ2n) is 8.18. The fourth-order valence-electron chi connectivity index (χ4n) is 4.56. The SMILES string of the molecule is Cc1ccc2c(c1)[C@@]1(SCCN1C(=O)c1ccc(Cl)cc1)C(=O)N2Cc1cccc(C#N)c1. The van der Waals surface area contributed by atoms with Gasteiger partial charge >= 0.3 is 0 Å². The Morgan fingerprint density at radius 3 is 2.70 bits per heavy atom. The molecule has 0 aromatic heterocycles. The maximum Gasteiger partial charge on any atom is 0.268 e. The lowest BCUT2D eigenvalue weighted by Gasteiger charge is -2.33. The summed E-state index contributed by atoms with van der Waals surface area (Å²) in [7, 11) is 0. The van der Waals surface area contributed by atoms with Crippen LogP contribution in [-0.4, -0.2) is 29.0 Å². The van der Waals surface area contributed by atoms with Gasteiger partial charge in [0, 0.05) is 28.4 Å². The molecule has 1 spiro atoms. The van der Waals surface area contributed by atoms with Gasteiger partial charge in [0.05, 0.1) is 23.9 Å². The predicted molar refractivity (Wildman–Crippen MR) is 130 cm³/mol. The van der Waals surface area contributed by atoms with E-state index in [2.05, 4.69) is 6.07 Å². The summed E-state index contributed by atoms with van der Waals surface area (Å²) in [6.45, 7) is 2.79. The highest BCUT2D eigenvalue weighted by atomic mass is 35.5. The number of thioether (sulfide) groups is 1. The molecule has 0 radical (unpaired) electrons. The van der Waals surface area contributed by atoms with Gasteiger partial charge in [-0.05, 0) is 55.0 Å². The number of amides is 2. The fourth-order valence-corrected chi connectivity index (χ4v) is 6.13. The van der Waals surface area contributed by atoms with Gasteiger partial charge in [-0.1, -0.05) is 41.4 Å². The Hall–Kier alpha value is -3.27. The van der Waals surface area contributed by atoms with Gasteiger partial charge in [0.15, 0.2) is 4.87 Å². The molecule has 0 aliphatic carbocycles. The first-order valence-electron chi connectivity index (χ1n) is 10.6. The molecule has 1 atom stereocenters. The van der Waals surface area contributed by atoms with E-state index in [0.29, 0.717) is 35.0 Å². The smallest absolute Gasteiger partial charge is 0.268 e. The Bertz CT molecular complexity index is 1320. The van der Waals surface area contributed by atoms with Crippen molar-refractivity contribution in [1.29, 1.82) is 5.26 Å². The van der Waals surface area contributed by atoms with E-state index in [-0.39, 0.29) is 11.8 Å². The third-order valence-corrected chi connectivity index (χ3v) is 7.75. The standard InChI is InChI=1S/C26H20ClN3O2S/c1-17-5-10-23-22(13-17)26(25(32)29(23)16-19-4-2-3-18(14-19)15-28)30(11-12-33-26)24(31)20-6-8-21(27)9-7-20/h2-10,13-14H,11-12,16H2,1H3/t26-/m1/s1. The number of rotatable bonds is 3. The molecule has 3 aromatic carbocycles. The molecule has 2 heterocycles. The van der Waals surface area contributed by atoms with Crippen molar-refractivity contribution in [1.82, 2.24) is 4.90 Å². The summed E-state index contributed by atoms with van der Waals surface area (Å²) in [5, 5.41) is 9.82. The van der Waals surface area contributed by atoms with Crippen molar-refractivity contribution in [2.75, 3.05) is 17.2 Å². The van der Waals surface area contributed by atoms with Crippen molar-refractivity contribution in [3.63, 3.8) is 0 Å². The lowest BCUT2D eigenvalue weighted by molar-refractivity contribution is -0.123. The lowest BCUT2D eigenvalue weighted by atomic mass is 10.0. The molecule has 2 aliphatic heterocycles. The molecule has 5 rings (SSSR count). The summed E-state index contributed by atoms with van der Waals surface area (Å²) in [4.78, 5) is 30.0. The van der Waals surface area contributed by atoms with Gasteiger partial charge in [0.1, 0.15) is 0 Å². The number of fused-ring (bicyclic) bond motifs is 2. The Labute approximate surface area is 201 Å². The number of nitriles is 1. The van der Waals surface area contributed by atoms with Crippen LogP contribution >= 0.6 is 23.4 Å². The van der Waals surface area contributed by atoms with Crippen molar-refractivity contribution in [3.8, 4) is 6.07 Å². The van der Waals surface area contributed by atoms with Crippen molar-refractivity contribution >= 4 is 40.9 Å². The van der Waals surface area contributed by atoms with Crippen molar-refractivity contribution in [2.45, 2.75) is 18.3 Å². The van der Waals surface area contributed by atoms with Crippen LogP contribution in [0, 0.1) is 18.3 Å². The van der Waals surface area contributed by atoms with Gasteiger partial charge in [-0.3, -0.25) is 9.59 Å². The minimum absolute atomic E-state index is 0.129. The number of hydrogen-bond acceptors (Lipinski definition) is 4. The monoisotopic (exact) mass is 473 g/mol. The topological polar surface area (TPSA) is 64.4 Å².